The lowest BCUT2D eigenvalue weighted by atomic mass is 9.94. The number of hydrogen-bond donors (Lipinski definition) is 2. The molecule has 0 spiro atoms. The predicted octanol–water partition coefficient (Wildman–Crippen LogP) is 9.70. The Morgan fingerprint density at radius 1 is 0.354 bits per heavy atom. The van der Waals surface area contributed by atoms with E-state index in [1.54, 1.807) is 0 Å². The highest BCUT2D eigenvalue weighted by molar-refractivity contribution is 4.69. The van der Waals surface area contributed by atoms with Crippen LogP contribution < -0.4 is 0 Å². The van der Waals surface area contributed by atoms with Crippen LogP contribution >= 0.6 is 0 Å². The fraction of sp³-hybridized carbons (Fsp3) is 1.00. The van der Waals surface area contributed by atoms with Crippen molar-refractivity contribution in [3.8, 4) is 0 Å². The molecule has 0 aliphatic carbocycles. The molecule has 8 unspecified atom stereocenters. The number of ether oxygens (including phenoxy) is 2. The Kier molecular flexibility index (Phi) is 31.3. The Hall–Kier alpha value is -0.240. The first-order chi connectivity index (χ1) is 22.9. The Balaban J connectivity index is 5.18. The van der Waals surface area contributed by atoms with Crippen molar-refractivity contribution in [2.45, 2.75) is 170 Å². The summed E-state index contributed by atoms with van der Waals surface area (Å²) in [6.45, 7) is 26.2. The third-order valence-corrected chi connectivity index (χ3v) is 11.3. The third-order valence-electron chi connectivity index (χ3n) is 11.3. The van der Waals surface area contributed by atoms with Gasteiger partial charge >= 0.3 is 0 Å². The summed E-state index contributed by atoms with van der Waals surface area (Å²) in [6, 6.07) is 0. The highest BCUT2D eigenvalue weighted by atomic mass is 16.5. The van der Waals surface area contributed by atoms with Gasteiger partial charge in [-0.25, -0.2) is 0 Å². The van der Waals surface area contributed by atoms with Crippen molar-refractivity contribution in [1.29, 1.82) is 0 Å². The van der Waals surface area contributed by atoms with Crippen molar-refractivity contribution in [3.05, 3.63) is 0 Å². The fourth-order valence-corrected chi connectivity index (χ4v) is 6.78. The molecule has 0 radical (unpaired) electrons. The number of methoxy groups -OCH3 is 2. The second kappa shape index (κ2) is 31.5. The first kappa shape index (κ1) is 47.8. The molecule has 0 aromatic heterocycles. The number of hydrogen-bond acceptors (Lipinski definition) is 6. The Bertz CT molecular complexity index is 574. The van der Waals surface area contributed by atoms with Crippen LogP contribution in [-0.4, -0.2) is 98.9 Å². The first-order valence-corrected chi connectivity index (χ1v) is 20.7. The normalized spacial score (nSPS) is 17.4. The molecule has 2 N–H and O–H groups in total. The lowest BCUT2D eigenvalue weighted by Crippen LogP contribution is -2.37. The van der Waals surface area contributed by atoms with Gasteiger partial charge in [-0.1, -0.05) is 54.4 Å². The molecule has 0 saturated carbocycles. The van der Waals surface area contributed by atoms with E-state index in [-0.39, 0.29) is 0 Å². The van der Waals surface area contributed by atoms with E-state index in [0.717, 1.165) is 49.4 Å². The average molecular weight is 685 g/mol. The maximum atomic E-state index is 9.43. The maximum Gasteiger partial charge on any atom is 0.0543 e. The summed E-state index contributed by atoms with van der Waals surface area (Å²) < 4.78 is 11.0. The number of aliphatic hydroxyl groups is 2. The Morgan fingerprint density at radius 2 is 0.604 bits per heavy atom. The summed E-state index contributed by atoms with van der Waals surface area (Å²) in [4.78, 5) is 5.57. The molecule has 0 saturated heterocycles. The Labute approximate surface area is 301 Å². The molecule has 6 nitrogen and oxygen atoms in total. The lowest BCUT2D eigenvalue weighted by molar-refractivity contribution is 0.104. The predicted molar refractivity (Wildman–Crippen MR) is 209 cm³/mol. The molecule has 290 valence electrons. The van der Waals surface area contributed by atoms with E-state index >= 15 is 0 Å². The molecular weight excluding hydrogens is 596 g/mol. The van der Waals surface area contributed by atoms with Crippen LogP contribution in [0.3, 0.4) is 0 Å². The zero-order valence-electron chi connectivity index (χ0n) is 34.2. The average Bonchev–Trinajstić information content (AvgIpc) is 3.08. The summed E-state index contributed by atoms with van der Waals surface area (Å²) in [6.07, 6.45) is 20.6. The van der Waals surface area contributed by atoms with Crippen LogP contribution in [0, 0.1) is 35.5 Å². The maximum absolute atomic E-state index is 9.43. The second-order valence-corrected chi connectivity index (χ2v) is 16.7. The van der Waals surface area contributed by atoms with E-state index in [1.807, 2.05) is 14.2 Å². The standard InChI is InChI=1S/C42H88N2O4/c1-35(19-21-39(5)33-45)15-11-27-43(28-12-16-36(2)20-22-40(6)34-46)31-32-44(29-13-17-37(3)23-25-41(7)47-9)30-14-18-38(4)24-26-42(8)48-10/h35-42,45-46H,11-34H2,1-10H3. The van der Waals surface area contributed by atoms with Crippen molar-refractivity contribution in [2.24, 2.45) is 35.5 Å². The van der Waals surface area contributed by atoms with Crippen molar-refractivity contribution in [2.75, 3.05) is 66.7 Å². The minimum atomic E-state index is 0.312. The molecular formula is C42H88N2O4. The van der Waals surface area contributed by atoms with E-state index in [9.17, 15) is 10.2 Å². The van der Waals surface area contributed by atoms with Crippen molar-refractivity contribution >= 4 is 0 Å². The molecule has 0 fully saturated rings. The smallest absolute Gasteiger partial charge is 0.0543 e. The van der Waals surface area contributed by atoms with Crippen LogP contribution in [-0.2, 0) is 9.47 Å². The van der Waals surface area contributed by atoms with Crippen LogP contribution in [0.25, 0.3) is 0 Å². The molecule has 0 aromatic carbocycles. The quantitative estimate of drug-likeness (QED) is 0.0693. The number of aliphatic hydroxyl groups excluding tert-OH is 2. The summed E-state index contributed by atoms with van der Waals surface area (Å²) in [7, 11) is 3.66. The van der Waals surface area contributed by atoms with Gasteiger partial charge in [-0.2, -0.15) is 0 Å². The molecule has 0 rings (SSSR count). The van der Waals surface area contributed by atoms with E-state index in [0.29, 0.717) is 37.3 Å². The largest absolute Gasteiger partial charge is 0.396 e. The second-order valence-electron chi connectivity index (χ2n) is 16.7. The van der Waals surface area contributed by atoms with Crippen molar-refractivity contribution in [3.63, 3.8) is 0 Å². The van der Waals surface area contributed by atoms with Gasteiger partial charge in [0, 0.05) is 40.5 Å². The highest BCUT2D eigenvalue weighted by Gasteiger charge is 2.15. The summed E-state index contributed by atoms with van der Waals surface area (Å²) >= 11 is 0. The minimum Gasteiger partial charge on any atom is -0.396 e. The molecule has 0 aromatic rings. The molecule has 8 atom stereocenters. The molecule has 48 heavy (non-hydrogen) atoms. The molecule has 6 heteroatoms. The van der Waals surface area contributed by atoms with E-state index in [2.05, 4.69) is 65.2 Å². The van der Waals surface area contributed by atoms with Crippen LogP contribution in [0.1, 0.15) is 158 Å². The van der Waals surface area contributed by atoms with Crippen LogP contribution in [0.5, 0.6) is 0 Å². The first-order valence-electron chi connectivity index (χ1n) is 20.7. The van der Waals surface area contributed by atoms with Gasteiger partial charge in [0.25, 0.3) is 0 Å². The van der Waals surface area contributed by atoms with Crippen molar-refractivity contribution < 1.29 is 19.7 Å². The van der Waals surface area contributed by atoms with E-state index in [1.165, 1.54) is 116 Å². The van der Waals surface area contributed by atoms with Crippen molar-refractivity contribution in [1.82, 2.24) is 9.80 Å². The summed E-state index contributed by atoms with van der Waals surface area (Å²) in [5, 5.41) is 18.9. The molecule has 0 bridgehead atoms. The summed E-state index contributed by atoms with van der Waals surface area (Å²) in [5.41, 5.74) is 0. The molecule has 0 aliphatic rings. The highest BCUT2D eigenvalue weighted by Crippen LogP contribution is 2.20. The molecule has 0 aliphatic heterocycles. The zero-order valence-corrected chi connectivity index (χ0v) is 34.2. The summed E-state index contributed by atoms with van der Waals surface area (Å²) in [5.74, 6) is 3.82. The molecule has 0 heterocycles. The van der Waals surface area contributed by atoms with Crippen LogP contribution in [0.4, 0.5) is 0 Å². The van der Waals surface area contributed by atoms with Crippen LogP contribution in [0.2, 0.25) is 0 Å². The molecule has 0 amide bonds. The van der Waals surface area contributed by atoms with Crippen LogP contribution in [0.15, 0.2) is 0 Å². The Morgan fingerprint density at radius 3 is 0.854 bits per heavy atom. The van der Waals surface area contributed by atoms with Gasteiger partial charge < -0.3 is 29.5 Å². The number of rotatable bonds is 35. The van der Waals surface area contributed by atoms with Gasteiger partial charge in [-0.05, 0) is 165 Å². The van der Waals surface area contributed by atoms with Gasteiger partial charge in [0.1, 0.15) is 0 Å². The number of nitrogens with zero attached hydrogens (tertiary/aromatic N) is 2. The fourth-order valence-electron chi connectivity index (χ4n) is 6.78. The van der Waals surface area contributed by atoms with Gasteiger partial charge in [-0.15, -0.1) is 0 Å². The lowest BCUT2D eigenvalue weighted by Gasteiger charge is -2.29. The van der Waals surface area contributed by atoms with Gasteiger partial charge in [0.05, 0.1) is 12.2 Å². The van der Waals surface area contributed by atoms with E-state index in [4.69, 9.17) is 9.47 Å². The monoisotopic (exact) mass is 685 g/mol. The van der Waals surface area contributed by atoms with Gasteiger partial charge in [0.15, 0.2) is 0 Å². The third kappa shape index (κ3) is 28.5. The minimum absolute atomic E-state index is 0.312. The zero-order chi connectivity index (χ0) is 36.2. The van der Waals surface area contributed by atoms with E-state index < -0.39 is 0 Å². The van der Waals surface area contributed by atoms with Gasteiger partial charge in [-0.3, -0.25) is 0 Å². The SMILES string of the molecule is COC(C)CCC(C)CCCN(CCCC(C)CCC(C)OC)CCN(CCCC(C)CCC(C)CO)CCCC(C)CCC(C)CO. The van der Waals surface area contributed by atoms with Gasteiger partial charge in [0.2, 0.25) is 0 Å². The topological polar surface area (TPSA) is 65.4 Å².